The lowest BCUT2D eigenvalue weighted by molar-refractivity contribution is 0.0951. The number of aryl methyl sites for hydroxylation is 1. The summed E-state index contributed by atoms with van der Waals surface area (Å²) in [6.07, 6.45) is 11.9. The van der Waals surface area contributed by atoms with E-state index in [0.717, 1.165) is 37.2 Å². The van der Waals surface area contributed by atoms with Crippen LogP contribution < -0.4 is 5.32 Å². The molecule has 4 aromatic rings. The molecule has 178 valence electrons. The lowest BCUT2D eigenvalue weighted by Crippen LogP contribution is -2.32. The van der Waals surface area contributed by atoms with Gasteiger partial charge < -0.3 is 10.3 Å². The van der Waals surface area contributed by atoms with Gasteiger partial charge in [-0.3, -0.25) is 19.7 Å². The maximum absolute atomic E-state index is 12.6. The van der Waals surface area contributed by atoms with E-state index in [1.165, 1.54) is 23.0 Å². The second kappa shape index (κ2) is 10.8. The minimum Gasteiger partial charge on any atom is -0.348 e. The van der Waals surface area contributed by atoms with Gasteiger partial charge in [0.2, 0.25) is 0 Å². The summed E-state index contributed by atoms with van der Waals surface area (Å²) in [5, 5.41) is 3.30. The largest absolute Gasteiger partial charge is 0.348 e. The number of carbonyl (C=O) groups excluding carboxylic acids is 1. The van der Waals surface area contributed by atoms with Crippen LogP contribution in [0.1, 0.15) is 57.5 Å². The second-order valence-corrected chi connectivity index (χ2v) is 9.16. The van der Waals surface area contributed by atoms with Crippen LogP contribution in [-0.4, -0.2) is 30.7 Å². The summed E-state index contributed by atoms with van der Waals surface area (Å²) in [5.74, 6) is 0.720. The Balaban J connectivity index is 1.33. The maximum atomic E-state index is 12.6. The number of aromatic amines is 1. The summed E-state index contributed by atoms with van der Waals surface area (Å²) in [4.78, 5) is 31.4. The van der Waals surface area contributed by atoms with E-state index < -0.39 is 0 Å². The van der Waals surface area contributed by atoms with Crippen LogP contribution in [0.5, 0.6) is 0 Å². The van der Waals surface area contributed by atoms with Gasteiger partial charge in [0.05, 0.1) is 28.9 Å². The van der Waals surface area contributed by atoms with E-state index in [4.69, 9.17) is 16.6 Å². The number of pyridine rings is 2. The molecule has 5 rings (SSSR count). The molecule has 0 bridgehead atoms. The second-order valence-electron chi connectivity index (χ2n) is 8.75. The third-order valence-corrected chi connectivity index (χ3v) is 6.66. The Morgan fingerprint density at radius 1 is 1.09 bits per heavy atom. The number of hydrogen-bond donors (Lipinski definition) is 2. The monoisotopic (exact) mass is 486 g/mol. The molecule has 0 saturated carbocycles. The number of rotatable bonds is 8. The van der Waals surface area contributed by atoms with E-state index in [9.17, 15) is 4.79 Å². The molecule has 1 aliphatic carbocycles. The lowest BCUT2D eigenvalue weighted by Gasteiger charge is -2.34. The molecule has 1 amide bonds. The van der Waals surface area contributed by atoms with Crippen LogP contribution in [0.2, 0.25) is 5.02 Å². The van der Waals surface area contributed by atoms with Gasteiger partial charge in [-0.1, -0.05) is 41.9 Å². The number of imidazole rings is 1. The standard InChI is InChI=1S/C27H27ClN6O/c28-23-16-29-11-9-22(23)27(35)33-15-19-4-1-5-20(14-19)17-34(18-25-30-12-13-31-25)24-8-2-6-21-7-3-10-32-26(21)24/h1,3-5,7,9-14,16,24H,2,6,8,15,17-18H2,(H,30,31)(H,33,35). The number of amides is 1. The first-order valence-electron chi connectivity index (χ1n) is 11.8. The molecule has 0 radical (unpaired) electrons. The molecule has 0 spiro atoms. The summed E-state index contributed by atoms with van der Waals surface area (Å²) in [6, 6.07) is 14.4. The van der Waals surface area contributed by atoms with Crippen LogP contribution in [0.25, 0.3) is 0 Å². The van der Waals surface area contributed by atoms with E-state index in [0.29, 0.717) is 23.7 Å². The average molecular weight is 487 g/mol. The first-order chi connectivity index (χ1) is 17.2. The van der Waals surface area contributed by atoms with Crippen LogP contribution in [0, 0.1) is 0 Å². The number of carbonyl (C=O) groups is 1. The molecule has 0 fully saturated rings. The highest BCUT2D eigenvalue weighted by molar-refractivity contribution is 6.33. The molecule has 3 heterocycles. The molecular weight excluding hydrogens is 460 g/mol. The average Bonchev–Trinajstić information content (AvgIpc) is 3.40. The third-order valence-electron chi connectivity index (χ3n) is 6.36. The molecule has 2 N–H and O–H groups in total. The Morgan fingerprint density at radius 2 is 2.00 bits per heavy atom. The van der Waals surface area contributed by atoms with Gasteiger partial charge in [-0.05, 0) is 48.1 Å². The predicted octanol–water partition coefficient (Wildman–Crippen LogP) is 4.86. The Bertz CT molecular complexity index is 1290. The van der Waals surface area contributed by atoms with E-state index >= 15 is 0 Å². The topological polar surface area (TPSA) is 86.8 Å². The number of hydrogen-bond acceptors (Lipinski definition) is 5. The molecule has 0 saturated heterocycles. The van der Waals surface area contributed by atoms with Crippen molar-refractivity contribution in [2.45, 2.75) is 44.9 Å². The molecule has 3 aromatic heterocycles. The number of nitrogens with one attached hydrogen (secondary N) is 2. The van der Waals surface area contributed by atoms with Crippen LogP contribution in [0.3, 0.4) is 0 Å². The first-order valence-corrected chi connectivity index (χ1v) is 12.2. The summed E-state index contributed by atoms with van der Waals surface area (Å²) >= 11 is 6.11. The number of nitrogens with zero attached hydrogens (tertiary/aromatic N) is 4. The number of benzene rings is 1. The Kier molecular flexibility index (Phi) is 7.16. The van der Waals surface area contributed by atoms with Crippen molar-refractivity contribution in [3.05, 3.63) is 112 Å². The molecule has 35 heavy (non-hydrogen) atoms. The zero-order valence-corrected chi connectivity index (χ0v) is 20.1. The molecule has 1 aromatic carbocycles. The predicted molar refractivity (Wildman–Crippen MR) is 135 cm³/mol. The normalized spacial score (nSPS) is 15.1. The number of fused-ring (bicyclic) bond motifs is 1. The van der Waals surface area contributed by atoms with Crippen LogP contribution in [-0.2, 0) is 26.1 Å². The molecule has 1 aliphatic rings. The molecule has 0 aliphatic heterocycles. The molecule has 1 unspecified atom stereocenters. The number of aromatic nitrogens is 4. The third kappa shape index (κ3) is 5.58. The summed E-state index contributed by atoms with van der Waals surface area (Å²) in [6.45, 7) is 1.87. The highest BCUT2D eigenvalue weighted by Crippen LogP contribution is 2.34. The van der Waals surface area contributed by atoms with Gasteiger partial charge in [-0.25, -0.2) is 4.98 Å². The van der Waals surface area contributed by atoms with Crippen molar-refractivity contribution < 1.29 is 4.79 Å². The highest BCUT2D eigenvalue weighted by Gasteiger charge is 2.28. The molecular formula is C27H27ClN6O. The zero-order chi connectivity index (χ0) is 24.0. The fourth-order valence-electron chi connectivity index (χ4n) is 4.70. The van der Waals surface area contributed by atoms with Crippen molar-refractivity contribution in [1.82, 2.24) is 30.2 Å². The summed E-state index contributed by atoms with van der Waals surface area (Å²) in [5.41, 5.74) is 5.13. The van der Waals surface area contributed by atoms with E-state index in [1.807, 2.05) is 30.6 Å². The van der Waals surface area contributed by atoms with Gasteiger partial charge >= 0.3 is 0 Å². The van der Waals surface area contributed by atoms with Crippen molar-refractivity contribution in [3.63, 3.8) is 0 Å². The van der Waals surface area contributed by atoms with Crippen LogP contribution in [0.15, 0.2) is 73.4 Å². The van der Waals surface area contributed by atoms with Gasteiger partial charge in [-0.2, -0.15) is 0 Å². The number of halogens is 1. The smallest absolute Gasteiger partial charge is 0.253 e. The zero-order valence-electron chi connectivity index (χ0n) is 19.3. The van der Waals surface area contributed by atoms with Gasteiger partial charge in [0, 0.05) is 44.1 Å². The van der Waals surface area contributed by atoms with Crippen molar-refractivity contribution in [3.8, 4) is 0 Å². The molecule has 7 nitrogen and oxygen atoms in total. The fourth-order valence-corrected chi connectivity index (χ4v) is 4.91. The van der Waals surface area contributed by atoms with Crippen LogP contribution in [0.4, 0.5) is 0 Å². The Morgan fingerprint density at radius 3 is 2.86 bits per heavy atom. The van der Waals surface area contributed by atoms with Gasteiger partial charge in [-0.15, -0.1) is 0 Å². The Labute approximate surface area is 209 Å². The summed E-state index contributed by atoms with van der Waals surface area (Å²) < 4.78 is 0. The van der Waals surface area contributed by atoms with E-state index in [-0.39, 0.29) is 11.9 Å². The molecule has 8 heteroatoms. The SMILES string of the molecule is O=C(NCc1cccc(CN(Cc2ncc[nH]2)C2CCCc3cccnc32)c1)c1ccncc1Cl. The first kappa shape index (κ1) is 23.2. The fraction of sp³-hybridized carbons (Fsp3) is 0.259. The van der Waals surface area contributed by atoms with Crippen molar-refractivity contribution in [2.75, 3.05) is 0 Å². The quantitative estimate of drug-likeness (QED) is 0.371. The lowest BCUT2D eigenvalue weighted by atomic mass is 9.90. The van der Waals surface area contributed by atoms with Gasteiger partial charge in [0.25, 0.3) is 5.91 Å². The van der Waals surface area contributed by atoms with Crippen molar-refractivity contribution >= 4 is 17.5 Å². The minimum atomic E-state index is -0.216. The van der Waals surface area contributed by atoms with E-state index in [2.05, 4.69) is 43.4 Å². The van der Waals surface area contributed by atoms with Crippen molar-refractivity contribution in [2.24, 2.45) is 0 Å². The van der Waals surface area contributed by atoms with Gasteiger partial charge in [0.15, 0.2) is 0 Å². The van der Waals surface area contributed by atoms with Crippen LogP contribution >= 0.6 is 11.6 Å². The minimum absolute atomic E-state index is 0.216. The number of H-pyrrole nitrogens is 1. The Hall–Kier alpha value is -3.55. The highest BCUT2D eigenvalue weighted by atomic mass is 35.5. The maximum Gasteiger partial charge on any atom is 0.253 e. The summed E-state index contributed by atoms with van der Waals surface area (Å²) in [7, 11) is 0. The molecule has 1 atom stereocenters. The van der Waals surface area contributed by atoms with Crippen molar-refractivity contribution in [1.29, 1.82) is 0 Å². The van der Waals surface area contributed by atoms with E-state index in [1.54, 1.807) is 18.5 Å². The van der Waals surface area contributed by atoms with Gasteiger partial charge in [0.1, 0.15) is 5.82 Å².